The third kappa shape index (κ3) is 3.85. The summed E-state index contributed by atoms with van der Waals surface area (Å²) in [5, 5.41) is 11.3. The lowest BCUT2D eigenvalue weighted by molar-refractivity contribution is -0.143. The Bertz CT molecular complexity index is 601. The van der Waals surface area contributed by atoms with E-state index in [9.17, 15) is 9.90 Å². The number of carbonyl (C=O) groups excluding carboxylic acids is 1. The van der Waals surface area contributed by atoms with E-state index in [-0.39, 0.29) is 36.6 Å². The number of carbonyl (C=O) groups is 1. The molecule has 0 aliphatic rings. The number of phenols is 1. The third-order valence-corrected chi connectivity index (χ3v) is 2.97. The number of esters is 1. The molecule has 0 aliphatic heterocycles. The molecular weight excluding hydrogens is 278 g/mol. The number of hydrogen-bond donors (Lipinski definition) is 2. The lowest BCUT2D eigenvalue weighted by atomic mass is 10.0. The van der Waals surface area contributed by atoms with E-state index in [4.69, 9.17) is 10.5 Å². The largest absolute Gasteiger partial charge is 0.508 e. The smallest absolute Gasteiger partial charge is 0.307 e. The third-order valence-electron chi connectivity index (χ3n) is 2.97. The highest BCUT2D eigenvalue weighted by atomic mass is 35.5. The zero-order valence-corrected chi connectivity index (χ0v) is 12.0. The first kappa shape index (κ1) is 16.3. The number of hydrogen-bond acceptors (Lipinski definition) is 4. The van der Waals surface area contributed by atoms with E-state index >= 15 is 0 Å². The van der Waals surface area contributed by atoms with Gasteiger partial charge in [-0.1, -0.05) is 18.2 Å². The molecule has 0 radical (unpaired) electrons. The highest BCUT2D eigenvalue weighted by molar-refractivity contribution is 5.85. The van der Waals surface area contributed by atoms with Gasteiger partial charge in [0.15, 0.2) is 0 Å². The van der Waals surface area contributed by atoms with Gasteiger partial charge in [0.1, 0.15) is 5.75 Å². The van der Waals surface area contributed by atoms with Crippen molar-refractivity contribution in [3.63, 3.8) is 0 Å². The summed E-state index contributed by atoms with van der Waals surface area (Å²) in [4.78, 5) is 11.4. The Kier molecular flexibility index (Phi) is 5.80. The van der Waals surface area contributed by atoms with Gasteiger partial charge < -0.3 is 15.6 Å². The Morgan fingerprint density at radius 3 is 2.60 bits per heavy atom. The maximum Gasteiger partial charge on any atom is 0.307 e. The van der Waals surface area contributed by atoms with Crippen molar-refractivity contribution in [2.24, 2.45) is 5.73 Å². The molecule has 0 aromatic heterocycles. The molecule has 1 atom stereocenters. The van der Waals surface area contributed by atoms with Gasteiger partial charge >= 0.3 is 5.97 Å². The standard InChI is InChI=1S/C15H17NO3.ClH/c1-2-19-15(18)9-14(16)12-4-3-11-8-13(17)6-5-10(11)7-12;/h3-8,14,17H,2,9,16H2,1H3;1H/t14-;/m1./s1. The molecule has 2 rings (SSSR count). The number of benzene rings is 2. The zero-order chi connectivity index (χ0) is 13.8. The summed E-state index contributed by atoms with van der Waals surface area (Å²) < 4.78 is 4.89. The first-order valence-electron chi connectivity index (χ1n) is 6.24. The van der Waals surface area contributed by atoms with Crippen LogP contribution in [-0.2, 0) is 9.53 Å². The molecule has 2 aromatic carbocycles. The first-order valence-corrected chi connectivity index (χ1v) is 6.24. The molecule has 20 heavy (non-hydrogen) atoms. The predicted molar refractivity (Wildman–Crippen MR) is 81.0 cm³/mol. The van der Waals surface area contributed by atoms with Gasteiger partial charge in [-0.25, -0.2) is 0 Å². The van der Waals surface area contributed by atoms with Gasteiger partial charge in [-0.15, -0.1) is 12.4 Å². The number of aromatic hydroxyl groups is 1. The summed E-state index contributed by atoms with van der Waals surface area (Å²) in [5.41, 5.74) is 6.88. The van der Waals surface area contributed by atoms with Gasteiger partial charge in [0.25, 0.3) is 0 Å². The van der Waals surface area contributed by atoms with E-state index in [1.165, 1.54) is 0 Å². The number of nitrogens with two attached hydrogens (primary N) is 1. The fourth-order valence-corrected chi connectivity index (χ4v) is 2.00. The molecule has 0 heterocycles. The molecule has 3 N–H and O–H groups in total. The number of fused-ring (bicyclic) bond motifs is 1. The Balaban J connectivity index is 0.00000200. The molecule has 0 unspecified atom stereocenters. The molecular formula is C15H18ClNO3. The first-order chi connectivity index (χ1) is 9.10. The molecule has 0 bridgehead atoms. The van der Waals surface area contributed by atoms with Gasteiger partial charge in [-0.3, -0.25) is 4.79 Å². The van der Waals surface area contributed by atoms with Crippen LogP contribution in [0.5, 0.6) is 5.75 Å². The maximum absolute atomic E-state index is 11.4. The fourth-order valence-electron chi connectivity index (χ4n) is 2.00. The van der Waals surface area contributed by atoms with Crippen LogP contribution in [0.15, 0.2) is 36.4 Å². The van der Waals surface area contributed by atoms with Gasteiger partial charge in [0.05, 0.1) is 13.0 Å². The molecule has 108 valence electrons. The molecule has 4 nitrogen and oxygen atoms in total. The number of halogens is 1. The molecule has 0 fully saturated rings. The van der Waals surface area contributed by atoms with Crippen molar-refractivity contribution < 1.29 is 14.6 Å². The van der Waals surface area contributed by atoms with Crippen molar-refractivity contribution in [1.82, 2.24) is 0 Å². The molecule has 0 aliphatic carbocycles. The van der Waals surface area contributed by atoms with Crippen molar-refractivity contribution in [3.05, 3.63) is 42.0 Å². The highest BCUT2D eigenvalue weighted by Gasteiger charge is 2.12. The summed E-state index contributed by atoms with van der Waals surface area (Å²) in [6, 6.07) is 10.4. The van der Waals surface area contributed by atoms with E-state index < -0.39 is 0 Å². The minimum atomic E-state index is -0.378. The van der Waals surface area contributed by atoms with E-state index in [2.05, 4.69) is 0 Å². The van der Waals surface area contributed by atoms with E-state index in [1.807, 2.05) is 24.3 Å². The van der Waals surface area contributed by atoms with Gasteiger partial charge in [0.2, 0.25) is 0 Å². The molecule has 5 heteroatoms. The highest BCUT2D eigenvalue weighted by Crippen LogP contribution is 2.24. The molecule has 2 aromatic rings. The molecule has 0 spiro atoms. The monoisotopic (exact) mass is 295 g/mol. The average Bonchev–Trinajstić information content (AvgIpc) is 2.38. The van der Waals surface area contributed by atoms with Crippen LogP contribution in [-0.4, -0.2) is 17.7 Å². The number of ether oxygens (including phenoxy) is 1. The van der Waals surface area contributed by atoms with E-state index in [0.29, 0.717) is 6.61 Å². The van der Waals surface area contributed by atoms with Crippen molar-refractivity contribution in [1.29, 1.82) is 0 Å². The molecule has 0 saturated carbocycles. The Hall–Kier alpha value is -1.78. The lowest BCUT2D eigenvalue weighted by Gasteiger charge is -2.12. The van der Waals surface area contributed by atoms with Crippen LogP contribution in [0.4, 0.5) is 0 Å². The quantitative estimate of drug-likeness (QED) is 0.851. The van der Waals surface area contributed by atoms with Crippen LogP contribution >= 0.6 is 12.4 Å². The summed E-state index contributed by atoms with van der Waals surface area (Å²) >= 11 is 0. The summed E-state index contributed by atoms with van der Waals surface area (Å²) in [6.07, 6.45) is 0.164. The second-order valence-corrected chi connectivity index (χ2v) is 4.41. The van der Waals surface area contributed by atoms with Crippen LogP contribution in [0, 0.1) is 0 Å². The number of rotatable bonds is 4. The fraction of sp³-hybridized carbons (Fsp3) is 0.267. The number of phenolic OH excluding ortho intramolecular Hbond substituents is 1. The predicted octanol–water partition coefficient (Wildman–Crippen LogP) is 2.92. The summed E-state index contributed by atoms with van der Waals surface area (Å²) in [6.45, 7) is 2.13. The summed E-state index contributed by atoms with van der Waals surface area (Å²) in [7, 11) is 0. The lowest BCUT2D eigenvalue weighted by Crippen LogP contribution is -2.17. The Morgan fingerprint density at radius 1 is 1.25 bits per heavy atom. The van der Waals surface area contributed by atoms with Crippen molar-refractivity contribution in [3.8, 4) is 5.75 Å². The maximum atomic E-state index is 11.4. The zero-order valence-electron chi connectivity index (χ0n) is 11.2. The van der Waals surface area contributed by atoms with Crippen LogP contribution < -0.4 is 5.73 Å². The van der Waals surface area contributed by atoms with Crippen LogP contribution in [0.25, 0.3) is 10.8 Å². The SMILES string of the molecule is CCOC(=O)C[C@@H](N)c1ccc2cc(O)ccc2c1.Cl. The van der Waals surface area contributed by atoms with E-state index in [0.717, 1.165) is 16.3 Å². The topological polar surface area (TPSA) is 72.5 Å². The van der Waals surface area contributed by atoms with Crippen LogP contribution in [0.2, 0.25) is 0 Å². The summed E-state index contributed by atoms with van der Waals surface area (Å²) in [5.74, 6) is -0.0584. The Morgan fingerprint density at radius 2 is 1.90 bits per heavy atom. The van der Waals surface area contributed by atoms with Crippen molar-refractivity contribution >= 4 is 29.1 Å². The molecule has 0 saturated heterocycles. The normalized spacial score (nSPS) is 11.7. The van der Waals surface area contributed by atoms with Gasteiger partial charge in [-0.2, -0.15) is 0 Å². The van der Waals surface area contributed by atoms with Gasteiger partial charge in [0, 0.05) is 6.04 Å². The van der Waals surface area contributed by atoms with Crippen molar-refractivity contribution in [2.75, 3.05) is 6.61 Å². The minimum absolute atomic E-state index is 0. The van der Waals surface area contributed by atoms with E-state index in [1.54, 1.807) is 19.1 Å². The van der Waals surface area contributed by atoms with Crippen molar-refractivity contribution in [2.45, 2.75) is 19.4 Å². The second-order valence-electron chi connectivity index (χ2n) is 4.41. The Labute approximate surface area is 124 Å². The van der Waals surface area contributed by atoms with Crippen LogP contribution in [0.3, 0.4) is 0 Å². The minimum Gasteiger partial charge on any atom is -0.508 e. The average molecular weight is 296 g/mol. The van der Waals surface area contributed by atoms with Gasteiger partial charge in [-0.05, 0) is 41.5 Å². The molecule has 0 amide bonds. The second kappa shape index (κ2) is 7.12. The van der Waals surface area contributed by atoms with Crippen LogP contribution in [0.1, 0.15) is 24.9 Å².